The number of rotatable bonds is 12. The number of aromatic hydroxyl groups is 1. The fraction of sp³-hybridized carbons (Fsp3) is 0.478. The average molecular weight is 500 g/mol. The topological polar surface area (TPSA) is 112 Å². The van der Waals surface area contributed by atoms with Crippen LogP contribution in [0.15, 0.2) is 36.4 Å². The Morgan fingerprint density at radius 3 is 2.15 bits per heavy atom. The normalized spacial score (nSPS) is 15.6. The largest absolute Gasteiger partial charge is 0.507 e. The minimum atomic E-state index is -4.58. The minimum absolute atomic E-state index is 0.0244. The van der Waals surface area contributed by atoms with Crippen LogP contribution in [0.3, 0.4) is 0 Å². The summed E-state index contributed by atoms with van der Waals surface area (Å²) in [6.07, 6.45) is 3.59. The third-order valence-electron chi connectivity index (χ3n) is 5.49. The summed E-state index contributed by atoms with van der Waals surface area (Å²) in [6.45, 7) is 5.01. The van der Waals surface area contributed by atoms with E-state index in [0.717, 1.165) is 58.6 Å². The van der Waals surface area contributed by atoms with E-state index in [-0.39, 0.29) is 17.1 Å². The maximum atomic E-state index is 13.8. The lowest BCUT2D eigenvalue weighted by Crippen LogP contribution is -2.29. The second-order valence-electron chi connectivity index (χ2n) is 7.92. The molecule has 0 aliphatic carbocycles. The lowest BCUT2D eigenvalue weighted by atomic mass is 9.98. The van der Waals surface area contributed by atoms with Gasteiger partial charge < -0.3 is 28.3 Å². The van der Waals surface area contributed by atoms with E-state index in [2.05, 4.69) is 6.92 Å². The highest BCUT2D eigenvalue weighted by atomic mass is 31.2. The van der Waals surface area contributed by atoms with Crippen molar-refractivity contribution in [2.75, 3.05) is 21.3 Å². The third kappa shape index (κ3) is 5.71. The number of phenolic OH excluding ortho intramolecular Hbond substituents is 1. The van der Waals surface area contributed by atoms with Crippen molar-refractivity contribution in [1.29, 1.82) is 0 Å². The van der Waals surface area contributed by atoms with Crippen LogP contribution >= 0.6 is 15.2 Å². The van der Waals surface area contributed by atoms with Crippen molar-refractivity contribution in [3.05, 3.63) is 47.5 Å². The summed E-state index contributed by atoms with van der Waals surface area (Å²) in [5.74, 6) is -0.0510. The van der Waals surface area contributed by atoms with E-state index < -0.39 is 20.3 Å². The predicted molar refractivity (Wildman–Crippen MR) is 129 cm³/mol. The first-order valence-electron chi connectivity index (χ1n) is 10.7. The molecule has 2 atom stereocenters. The fourth-order valence-electron chi connectivity index (χ4n) is 3.54. The van der Waals surface area contributed by atoms with Crippen LogP contribution in [0, 0.1) is 6.92 Å². The molecule has 10 heteroatoms. The second-order valence-corrected chi connectivity index (χ2v) is 13.3. The molecular weight excluding hydrogens is 466 g/mol. The maximum Gasteiger partial charge on any atom is 0.422 e. The molecule has 184 valence electrons. The van der Waals surface area contributed by atoms with Gasteiger partial charge in [-0.05, 0) is 49.9 Å². The molecule has 2 N–H and O–H groups in total. The fourth-order valence-corrected chi connectivity index (χ4v) is 7.43. The molecule has 0 bridgehead atoms. The van der Waals surface area contributed by atoms with E-state index in [0.29, 0.717) is 12.0 Å². The maximum absolute atomic E-state index is 13.8. The zero-order valence-electron chi connectivity index (χ0n) is 20.0. The van der Waals surface area contributed by atoms with E-state index in [1.807, 2.05) is 25.1 Å². The molecule has 0 saturated carbocycles. The Morgan fingerprint density at radius 1 is 0.970 bits per heavy atom. The van der Waals surface area contributed by atoms with Gasteiger partial charge >= 0.3 is 15.2 Å². The molecular formula is C23H34O8P2. The standard InChI is InChI=1S/C23H34O8P2/c1-7-8-9-12-18-15-20(24)22(19-13-10-11-17(2)14-19)21(16-18)31-33(27,30-6)23(3,25)32(26,28-4)29-5/h10-11,13-16,24-25H,7-9,12H2,1-6H3. The third-order valence-corrected chi connectivity index (χ3v) is 10.9. The van der Waals surface area contributed by atoms with Crippen molar-refractivity contribution in [1.82, 2.24) is 0 Å². The monoisotopic (exact) mass is 500 g/mol. The van der Waals surface area contributed by atoms with Crippen LogP contribution in [-0.2, 0) is 29.1 Å². The Hall–Kier alpha value is -1.66. The van der Waals surface area contributed by atoms with Gasteiger partial charge in [-0.2, -0.15) is 0 Å². The highest BCUT2D eigenvalue weighted by molar-refractivity contribution is 7.74. The number of hydrogen-bond acceptors (Lipinski definition) is 8. The summed E-state index contributed by atoms with van der Waals surface area (Å²) >= 11 is 0. The summed E-state index contributed by atoms with van der Waals surface area (Å²) < 4.78 is 47.5. The molecule has 33 heavy (non-hydrogen) atoms. The lowest BCUT2D eigenvalue weighted by molar-refractivity contribution is 0.125. The van der Waals surface area contributed by atoms with Gasteiger partial charge in [-0.25, -0.2) is 4.57 Å². The molecule has 0 fully saturated rings. The van der Waals surface area contributed by atoms with Gasteiger partial charge in [0.05, 0.1) is 5.56 Å². The quantitative estimate of drug-likeness (QED) is 0.252. The van der Waals surface area contributed by atoms with Gasteiger partial charge in [-0.1, -0.05) is 49.6 Å². The van der Waals surface area contributed by atoms with E-state index in [1.54, 1.807) is 18.2 Å². The van der Waals surface area contributed by atoms with Crippen LogP contribution < -0.4 is 4.52 Å². The summed E-state index contributed by atoms with van der Waals surface area (Å²) in [7, 11) is -5.69. The average Bonchev–Trinajstić information content (AvgIpc) is 2.78. The van der Waals surface area contributed by atoms with Gasteiger partial charge in [0.2, 0.25) is 0 Å². The first kappa shape index (κ1) is 27.6. The van der Waals surface area contributed by atoms with Crippen LogP contribution in [0.25, 0.3) is 11.1 Å². The molecule has 0 amide bonds. The Labute approximate surface area is 195 Å². The summed E-state index contributed by atoms with van der Waals surface area (Å²) in [6, 6.07) is 10.6. The van der Waals surface area contributed by atoms with Crippen LogP contribution in [0.2, 0.25) is 0 Å². The molecule has 0 saturated heterocycles. The molecule has 2 aromatic carbocycles. The van der Waals surface area contributed by atoms with Gasteiger partial charge in [0.1, 0.15) is 11.5 Å². The van der Waals surface area contributed by atoms with Crippen molar-refractivity contribution in [2.24, 2.45) is 0 Å². The predicted octanol–water partition coefficient (Wildman–Crippen LogP) is 6.47. The number of hydrogen-bond donors (Lipinski definition) is 2. The molecule has 0 radical (unpaired) electrons. The first-order chi connectivity index (χ1) is 15.5. The van der Waals surface area contributed by atoms with E-state index in [9.17, 15) is 19.3 Å². The molecule has 0 aromatic heterocycles. The van der Waals surface area contributed by atoms with E-state index in [4.69, 9.17) is 18.1 Å². The van der Waals surface area contributed by atoms with Crippen LogP contribution in [-0.4, -0.2) is 36.6 Å². The van der Waals surface area contributed by atoms with Gasteiger partial charge in [-0.3, -0.25) is 4.57 Å². The van der Waals surface area contributed by atoms with Gasteiger partial charge in [-0.15, -0.1) is 0 Å². The Bertz CT molecular complexity index is 1040. The summed E-state index contributed by atoms with van der Waals surface area (Å²) in [4.78, 5) is 0. The molecule has 2 aromatic rings. The summed E-state index contributed by atoms with van der Waals surface area (Å²) in [5.41, 5.74) is 2.59. The number of aryl methyl sites for hydroxylation is 2. The Morgan fingerprint density at radius 2 is 1.61 bits per heavy atom. The number of phenols is 1. The zero-order chi connectivity index (χ0) is 24.9. The molecule has 0 spiro atoms. The molecule has 0 heterocycles. The van der Waals surface area contributed by atoms with Crippen molar-refractivity contribution in [2.45, 2.75) is 51.5 Å². The molecule has 2 rings (SSSR count). The Balaban J connectivity index is 2.68. The molecule has 0 aliphatic heterocycles. The SMILES string of the molecule is CCCCCc1cc(O)c(-c2cccc(C)c2)c(OP(=O)(OC)C(C)(O)P(=O)(OC)OC)c1. The Kier molecular flexibility index (Phi) is 9.34. The van der Waals surface area contributed by atoms with Crippen LogP contribution in [0.4, 0.5) is 0 Å². The zero-order valence-corrected chi connectivity index (χ0v) is 21.8. The lowest BCUT2D eigenvalue weighted by Gasteiger charge is -2.34. The second kappa shape index (κ2) is 11.2. The molecule has 8 nitrogen and oxygen atoms in total. The van der Waals surface area contributed by atoms with Crippen molar-refractivity contribution in [3.8, 4) is 22.6 Å². The van der Waals surface area contributed by atoms with Crippen molar-refractivity contribution in [3.63, 3.8) is 0 Å². The minimum Gasteiger partial charge on any atom is -0.507 e. The van der Waals surface area contributed by atoms with E-state index >= 15 is 0 Å². The van der Waals surface area contributed by atoms with Gasteiger partial charge in [0, 0.05) is 21.3 Å². The van der Waals surface area contributed by atoms with Crippen molar-refractivity contribution < 1.29 is 37.4 Å². The highest BCUT2D eigenvalue weighted by Crippen LogP contribution is 2.75. The molecule has 0 aliphatic rings. The van der Waals surface area contributed by atoms with E-state index in [1.165, 1.54) is 0 Å². The van der Waals surface area contributed by atoms with Crippen LogP contribution in [0.5, 0.6) is 11.5 Å². The van der Waals surface area contributed by atoms with Crippen LogP contribution in [0.1, 0.15) is 44.2 Å². The van der Waals surface area contributed by atoms with Gasteiger partial charge in [0.15, 0.2) is 0 Å². The molecule has 2 unspecified atom stereocenters. The number of benzene rings is 2. The highest BCUT2D eigenvalue weighted by Gasteiger charge is 2.62. The van der Waals surface area contributed by atoms with Gasteiger partial charge in [0.25, 0.3) is 5.08 Å². The summed E-state index contributed by atoms with van der Waals surface area (Å²) in [5, 5.41) is 19.3. The first-order valence-corrected chi connectivity index (χ1v) is 13.8. The number of aliphatic hydroxyl groups is 1. The smallest absolute Gasteiger partial charge is 0.422 e. The van der Waals surface area contributed by atoms with Crippen molar-refractivity contribution >= 4 is 15.2 Å². The number of unbranched alkanes of at least 4 members (excludes halogenated alkanes) is 2.